The number of hydrogen-bond acceptors (Lipinski definition) is 5. The fourth-order valence-electron chi connectivity index (χ4n) is 4.76. The summed E-state index contributed by atoms with van der Waals surface area (Å²) in [4.78, 5) is 12.0. The first-order valence-electron chi connectivity index (χ1n) is 9.04. The highest BCUT2D eigenvalue weighted by molar-refractivity contribution is 7.50. The van der Waals surface area contributed by atoms with Crippen LogP contribution in [-0.4, -0.2) is 42.7 Å². The van der Waals surface area contributed by atoms with Gasteiger partial charge in [-0.2, -0.15) is 9.27 Å². The van der Waals surface area contributed by atoms with E-state index in [-0.39, 0.29) is 16.4 Å². The highest BCUT2D eigenvalue weighted by Gasteiger charge is 2.50. The predicted molar refractivity (Wildman–Crippen MR) is 93.5 cm³/mol. The second kappa shape index (κ2) is 6.92. The van der Waals surface area contributed by atoms with E-state index in [0.29, 0.717) is 18.2 Å². The minimum atomic E-state index is -3.85. The van der Waals surface area contributed by atoms with Gasteiger partial charge < -0.3 is 19.3 Å². The molecule has 1 heterocycles. The standard InChI is InChI=1S/C18H28NO5P/c1-4-9-19(24-25(3,21)22)10-5-6-14-11-15-13(12-16(14)19)7-8-17(23-2)18(15)20/h7-8,14,16H,4-6,9-12H2,1-3H3,(H-,20,21,22)/t14-,16-,19+/m1/s1. The zero-order chi connectivity index (χ0) is 18.2. The van der Waals surface area contributed by atoms with E-state index < -0.39 is 7.60 Å². The van der Waals surface area contributed by atoms with Gasteiger partial charge in [-0.15, -0.1) is 0 Å². The van der Waals surface area contributed by atoms with Crippen LogP contribution in [0, 0.1) is 5.92 Å². The number of likely N-dealkylation sites (tertiary alicyclic amines) is 1. The van der Waals surface area contributed by atoms with Crippen molar-refractivity contribution in [2.24, 2.45) is 5.92 Å². The molecule has 0 aromatic heterocycles. The number of piperidine rings is 1. The number of rotatable bonds is 5. The Bertz CT molecular complexity index is 684. The van der Waals surface area contributed by atoms with Gasteiger partial charge in [-0.1, -0.05) is 13.0 Å². The summed E-state index contributed by atoms with van der Waals surface area (Å²) in [5.74, 6) is 1.03. The van der Waals surface area contributed by atoms with Crippen molar-refractivity contribution < 1.29 is 28.6 Å². The summed E-state index contributed by atoms with van der Waals surface area (Å²) < 4.78 is 23.1. The van der Waals surface area contributed by atoms with Gasteiger partial charge in [0.05, 0.1) is 7.11 Å². The SMILES string of the molecule is CCC[N@+]1(OP(C)(=O)[O-])CCC[C@@H]2Cc3c(ccc(OC)c3O)C[C@H]21. The normalized spacial score (nSPS) is 30.9. The van der Waals surface area contributed by atoms with Crippen molar-refractivity contribution in [1.29, 1.82) is 0 Å². The maximum atomic E-state index is 12.0. The number of fused-ring (bicyclic) bond motifs is 2. The number of methoxy groups -OCH3 is 1. The molecule has 2 aliphatic rings. The summed E-state index contributed by atoms with van der Waals surface area (Å²) in [7, 11) is -2.29. The Morgan fingerprint density at radius 3 is 2.80 bits per heavy atom. The minimum Gasteiger partial charge on any atom is -0.774 e. The van der Waals surface area contributed by atoms with Gasteiger partial charge in [0.2, 0.25) is 0 Å². The molecule has 1 N–H and O–H groups in total. The molecule has 25 heavy (non-hydrogen) atoms. The van der Waals surface area contributed by atoms with Crippen LogP contribution in [0.15, 0.2) is 12.1 Å². The van der Waals surface area contributed by atoms with Gasteiger partial charge in [0, 0.05) is 24.6 Å². The number of aromatic hydroxyl groups is 1. The fraction of sp³-hybridized carbons (Fsp3) is 0.667. The van der Waals surface area contributed by atoms with Crippen LogP contribution in [0.4, 0.5) is 0 Å². The smallest absolute Gasteiger partial charge is 0.196 e. The van der Waals surface area contributed by atoms with Gasteiger partial charge in [-0.3, -0.25) is 0 Å². The molecule has 0 amide bonds. The average molecular weight is 369 g/mol. The summed E-state index contributed by atoms with van der Waals surface area (Å²) in [5, 5.41) is 10.5. The maximum Gasteiger partial charge on any atom is 0.196 e. The van der Waals surface area contributed by atoms with E-state index in [9.17, 15) is 14.6 Å². The molecule has 1 aromatic rings. The Labute approximate surface area is 149 Å². The molecule has 1 aliphatic carbocycles. The van der Waals surface area contributed by atoms with Crippen molar-refractivity contribution in [2.45, 2.75) is 45.1 Å². The Kier molecular flexibility index (Phi) is 5.18. The lowest BCUT2D eigenvalue weighted by atomic mass is 9.74. The van der Waals surface area contributed by atoms with E-state index in [1.165, 1.54) is 6.66 Å². The highest BCUT2D eigenvalue weighted by atomic mass is 31.2. The Hall–Kier alpha value is -1.07. The van der Waals surface area contributed by atoms with Crippen LogP contribution in [-0.2, 0) is 22.0 Å². The van der Waals surface area contributed by atoms with Crippen molar-refractivity contribution in [3.05, 3.63) is 23.3 Å². The van der Waals surface area contributed by atoms with Crippen LogP contribution in [0.1, 0.15) is 37.3 Å². The largest absolute Gasteiger partial charge is 0.774 e. The molecule has 0 saturated carbocycles. The number of hydrogen-bond donors (Lipinski definition) is 1. The minimum absolute atomic E-state index is 0.108. The van der Waals surface area contributed by atoms with Crippen molar-refractivity contribution in [3.8, 4) is 11.5 Å². The fourth-order valence-corrected chi connectivity index (χ4v) is 5.63. The van der Waals surface area contributed by atoms with Crippen molar-refractivity contribution in [3.63, 3.8) is 0 Å². The van der Waals surface area contributed by atoms with Crippen LogP contribution in [0.3, 0.4) is 0 Å². The molecule has 0 bridgehead atoms. The molecule has 140 valence electrons. The lowest BCUT2D eigenvalue weighted by molar-refractivity contribution is -1.11. The van der Waals surface area contributed by atoms with Crippen LogP contribution < -0.4 is 9.63 Å². The third-order valence-electron chi connectivity index (χ3n) is 5.63. The monoisotopic (exact) mass is 369 g/mol. The molecule has 1 fully saturated rings. The zero-order valence-corrected chi connectivity index (χ0v) is 16.1. The number of nitrogens with zero attached hydrogens (tertiary/aromatic N) is 1. The summed E-state index contributed by atoms with van der Waals surface area (Å²) in [6.07, 6.45) is 4.28. The lowest BCUT2D eigenvalue weighted by Gasteiger charge is -2.51. The maximum absolute atomic E-state index is 12.0. The molecule has 1 saturated heterocycles. The number of benzene rings is 1. The van der Waals surface area contributed by atoms with Crippen LogP contribution in [0.25, 0.3) is 0 Å². The second-order valence-corrected chi connectivity index (χ2v) is 9.09. The number of quaternary nitrogens is 1. The van der Waals surface area contributed by atoms with Gasteiger partial charge in [-0.25, -0.2) is 0 Å². The van der Waals surface area contributed by atoms with Crippen LogP contribution in [0.2, 0.25) is 0 Å². The van der Waals surface area contributed by atoms with Crippen molar-refractivity contribution in [1.82, 2.24) is 0 Å². The van der Waals surface area contributed by atoms with Gasteiger partial charge in [0.15, 0.2) is 19.1 Å². The summed E-state index contributed by atoms with van der Waals surface area (Å²) in [6, 6.07) is 3.88. The third-order valence-corrected chi connectivity index (χ3v) is 6.25. The molecule has 1 aromatic carbocycles. The van der Waals surface area contributed by atoms with Crippen molar-refractivity contribution >= 4 is 7.60 Å². The summed E-state index contributed by atoms with van der Waals surface area (Å²) >= 11 is 0. The van der Waals surface area contributed by atoms with E-state index in [1.807, 2.05) is 6.07 Å². The molecule has 3 rings (SSSR count). The van der Waals surface area contributed by atoms with Crippen LogP contribution >= 0.6 is 7.60 Å². The first-order chi connectivity index (χ1) is 11.8. The average Bonchev–Trinajstić information content (AvgIpc) is 2.53. The molecule has 4 atom stereocenters. The Balaban J connectivity index is 1.99. The number of ether oxygens (including phenoxy) is 1. The van der Waals surface area contributed by atoms with E-state index in [1.54, 1.807) is 13.2 Å². The molecule has 0 spiro atoms. The number of phenolic OH excluding ortho intramolecular Hbond substituents is 1. The van der Waals surface area contributed by atoms with E-state index in [0.717, 1.165) is 49.8 Å². The topological polar surface area (TPSA) is 78.8 Å². The molecular weight excluding hydrogens is 341 g/mol. The lowest BCUT2D eigenvalue weighted by Crippen LogP contribution is -2.63. The molecule has 1 aliphatic heterocycles. The number of phenols is 1. The quantitative estimate of drug-likeness (QED) is 0.638. The molecule has 7 heteroatoms. The van der Waals surface area contributed by atoms with Crippen LogP contribution in [0.5, 0.6) is 11.5 Å². The highest BCUT2D eigenvalue weighted by Crippen LogP contribution is 2.48. The zero-order valence-electron chi connectivity index (χ0n) is 15.2. The molecule has 1 unspecified atom stereocenters. The van der Waals surface area contributed by atoms with Crippen molar-refractivity contribution in [2.75, 3.05) is 26.9 Å². The van der Waals surface area contributed by atoms with Gasteiger partial charge in [-0.05, 0) is 37.3 Å². The molecular formula is C18H28NO5P. The molecule has 0 radical (unpaired) electrons. The van der Waals surface area contributed by atoms with E-state index in [4.69, 9.17) is 9.36 Å². The van der Waals surface area contributed by atoms with Gasteiger partial charge in [0.25, 0.3) is 0 Å². The molecule has 6 nitrogen and oxygen atoms in total. The van der Waals surface area contributed by atoms with E-state index >= 15 is 0 Å². The second-order valence-electron chi connectivity index (χ2n) is 7.38. The Morgan fingerprint density at radius 2 is 2.16 bits per heavy atom. The van der Waals surface area contributed by atoms with Gasteiger partial charge in [0.1, 0.15) is 19.1 Å². The summed E-state index contributed by atoms with van der Waals surface area (Å²) in [6.45, 7) is 4.65. The van der Waals surface area contributed by atoms with Gasteiger partial charge >= 0.3 is 0 Å². The summed E-state index contributed by atoms with van der Waals surface area (Å²) in [5.41, 5.74) is 2.01. The predicted octanol–water partition coefficient (Wildman–Crippen LogP) is 2.62. The first kappa shape index (κ1) is 18.7. The Morgan fingerprint density at radius 1 is 1.40 bits per heavy atom. The van der Waals surface area contributed by atoms with E-state index in [2.05, 4.69) is 6.92 Å². The first-order valence-corrected chi connectivity index (χ1v) is 11.0. The number of hydroxylamine groups is 3. The third kappa shape index (κ3) is 3.59.